The lowest BCUT2D eigenvalue weighted by molar-refractivity contribution is 0.0380. The number of nitrogens with one attached hydrogen (secondary N) is 1. The van der Waals surface area contributed by atoms with E-state index in [1.54, 1.807) is 0 Å². The normalized spacial score (nSPS) is 16.7. The van der Waals surface area contributed by atoms with E-state index in [0.717, 1.165) is 26.3 Å². The van der Waals surface area contributed by atoms with E-state index in [1.165, 1.54) is 38.8 Å². The van der Waals surface area contributed by atoms with Gasteiger partial charge in [-0.2, -0.15) is 0 Å². The Hall–Kier alpha value is -0.120. The van der Waals surface area contributed by atoms with E-state index in [1.807, 2.05) is 7.05 Å². The Balaban J connectivity index is 0.000000293. The molecule has 0 bridgehead atoms. The summed E-state index contributed by atoms with van der Waals surface area (Å²) >= 11 is 0. The lowest BCUT2D eigenvalue weighted by Crippen LogP contribution is -2.36. The van der Waals surface area contributed by atoms with E-state index in [-0.39, 0.29) is 0 Å². The summed E-state index contributed by atoms with van der Waals surface area (Å²) in [6.07, 6.45) is 5.27. The molecule has 1 heterocycles. The Bertz CT molecular complexity index is 118. The Morgan fingerprint density at radius 3 is 2.25 bits per heavy atom. The summed E-state index contributed by atoms with van der Waals surface area (Å²) in [6, 6.07) is 0. The first-order chi connectivity index (χ1) is 7.85. The Morgan fingerprint density at radius 1 is 1.06 bits per heavy atom. The molecular formula is C13H30N2O. The van der Waals surface area contributed by atoms with Crippen molar-refractivity contribution < 1.29 is 4.74 Å². The van der Waals surface area contributed by atoms with Gasteiger partial charge >= 0.3 is 0 Å². The van der Waals surface area contributed by atoms with Crippen LogP contribution >= 0.6 is 0 Å². The molecule has 1 N–H and O–H groups in total. The Kier molecular flexibility index (Phi) is 12.9. The highest BCUT2D eigenvalue weighted by Crippen LogP contribution is 1.96. The highest BCUT2D eigenvalue weighted by molar-refractivity contribution is 4.59. The van der Waals surface area contributed by atoms with Gasteiger partial charge in [-0.05, 0) is 33.0 Å². The van der Waals surface area contributed by atoms with Crippen LogP contribution in [-0.4, -0.2) is 51.3 Å². The second-order valence-electron chi connectivity index (χ2n) is 4.26. The zero-order valence-corrected chi connectivity index (χ0v) is 11.4. The zero-order valence-electron chi connectivity index (χ0n) is 11.4. The lowest BCUT2D eigenvalue weighted by atomic mass is 10.2. The van der Waals surface area contributed by atoms with Gasteiger partial charge in [-0.3, -0.25) is 4.90 Å². The van der Waals surface area contributed by atoms with Gasteiger partial charge in [0.05, 0.1) is 13.2 Å². The molecule has 0 aromatic rings. The summed E-state index contributed by atoms with van der Waals surface area (Å²) in [7, 11) is 2.00. The molecule has 98 valence electrons. The summed E-state index contributed by atoms with van der Waals surface area (Å²) < 4.78 is 5.20. The first-order valence-corrected chi connectivity index (χ1v) is 6.79. The number of morpholine rings is 1. The molecule has 0 aliphatic carbocycles. The van der Waals surface area contributed by atoms with Crippen molar-refractivity contribution in [1.82, 2.24) is 10.2 Å². The molecule has 16 heavy (non-hydrogen) atoms. The molecular weight excluding hydrogens is 200 g/mol. The van der Waals surface area contributed by atoms with Crippen LogP contribution in [0.5, 0.6) is 0 Å². The van der Waals surface area contributed by atoms with Crippen molar-refractivity contribution in [3.8, 4) is 0 Å². The van der Waals surface area contributed by atoms with E-state index in [4.69, 9.17) is 4.74 Å². The van der Waals surface area contributed by atoms with Gasteiger partial charge in [-0.1, -0.05) is 26.7 Å². The fourth-order valence-corrected chi connectivity index (χ4v) is 1.69. The maximum absolute atomic E-state index is 5.20. The molecule has 0 aromatic carbocycles. The molecule has 0 aromatic heterocycles. The lowest BCUT2D eigenvalue weighted by Gasteiger charge is -2.25. The predicted molar refractivity (Wildman–Crippen MR) is 71.0 cm³/mol. The van der Waals surface area contributed by atoms with Crippen LogP contribution in [0.15, 0.2) is 0 Å². The summed E-state index contributed by atoms with van der Waals surface area (Å²) in [5.74, 6) is 0. The Labute approximate surface area is 102 Å². The van der Waals surface area contributed by atoms with Crippen molar-refractivity contribution in [2.45, 2.75) is 39.5 Å². The van der Waals surface area contributed by atoms with Gasteiger partial charge in [-0.25, -0.2) is 0 Å². The summed E-state index contributed by atoms with van der Waals surface area (Å²) in [6.45, 7) is 11.0. The van der Waals surface area contributed by atoms with E-state index in [0.29, 0.717) is 0 Å². The zero-order chi connectivity index (χ0) is 12.1. The number of hydrogen-bond acceptors (Lipinski definition) is 3. The van der Waals surface area contributed by atoms with Crippen LogP contribution in [0, 0.1) is 0 Å². The fourth-order valence-electron chi connectivity index (χ4n) is 1.69. The number of ether oxygens (including phenoxy) is 1. The average molecular weight is 230 g/mol. The van der Waals surface area contributed by atoms with Gasteiger partial charge in [0.2, 0.25) is 0 Å². The van der Waals surface area contributed by atoms with E-state index in [9.17, 15) is 0 Å². The third-order valence-electron chi connectivity index (χ3n) is 2.67. The van der Waals surface area contributed by atoms with Crippen LogP contribution in [0.3, 0.4) is 0 Å². The molecule has 1 aliphatic heterocycles. The van der Waals surface area contributed by atoms with Gasteiger partial charge in [0.15, 0.2) is 0 Å². The number of rotatable bonds is 6. The standard InChI is InChI=1S/C7H15NO.C6H15N/c1-2-3-8-4-6-9-7-5-8;1-3-4-5-6-7-2/h2-7H2,1H3;7H,3-6H2,1-2H3. The van der Waals surface area contributed by atoms with Crippen molar-refractivity contribution in [1.29, 1.82) is 0 Å². The van der Waals surface area contributed by atoms with Gasteiger partial charge < -0.3 is 10.1 Å². The van der Waals surface area contributed by atoms with E-state index < -0.39 is 0 Å². The minimum Gasteiger partial charge on any atom is -0.379 e. The summed E-state index contributed by atoms with van der Waals surface area (Å²) in [5, 5.41) is 3.10. The second kappa shape index (κ2) is 12.9. The number of hydrogen-bond donors (Lipinski definition) is 1. The van der Waals surface area contributed by atoms with Gasteiger partial charge in [0, 0.05) is 13.1 Å². The maximum Gasteiger partial charge on any atom is 0.0594 e. The molecule has 0 radical (unpaired) electrons. The molecule has 0 amide bonds. The minimum absolute atomic E-state index is 0.931. The molecule has 0 spiro atoms. The van der Waals surface area contributed by atoms with Crippen LogP contribution < -0.4 is 5.32 Å². The fraction of sp³-hybridized carbons (Fsp3) is 1.00. The van der Waals surface area contributed by atoms with Gasteiger partial charge in [-0.15, -0.1) is 0 Å². The summed E-state index contributed by atoms with van der Waals surface area (Å²) in [4.78, 5) is 2.45. The quantitative estimate of drug-likeness (QED) is 0.707. The second-order valence-corrected chi connectivity index (χ2v) is 4.26. The molecule has 0 unspecified atom stereocenters. The average Bonchev–Trinajstić information content (AvgIpc) is 2.32. The van der Waals surface area contributed by atoms with E-state index >= 15 is 0 Å². The largest absolute Gasteiger partial charge is 0.379 e. The van der Waals surface area contributed by atoms with Crippen LogP contribution in [0.25, 0.3) is 0 Å². The minimum atomic E-state index is 0.931. The maximum atomic E-state index is 5.20. The van der Waals surface area contributed by atoms with Crippen molar-refractivity contribution in [2.24, 2.45) is 0 Å². The molecule has 3 heteroatoms. The van der Waals surface area contributed by atoms with Gasteiger partial charge in [0.1, 0.15) is 0 Å². The highest BCUT2D eigenvalue weighted by Gasteiger charge is 2.07. The SMILES string of the molecule is CCCCCNC.CCCN1CCOCC1. The van der Waals surface area contributed by atoms with Crippen molar-refractivity contribution in [2.75, 3.05) is 46.4 Å². The van der Waals surface area contributed by atoms with Crippen LogP contribution in [0.1, 0.15) is 39.5 Å². The molecule has 0 saturated carbocycles. The molecule has 0 atom stereocenters. The monoisotopic (exact) mass is 230 g/mol. The molecule has 1 rings (SSSR count). The topological polar surface area (TPSA) is 24.5 Å². The van der Waals surface area contributed by atoms with Gasteiger partial charge in [0.25, 0.3) is 0 Å². The molecule has 1 fully saturated rings. The van der Waals surface area contributed by atoms with Crippen LogP contribution in [0.2, 0.25) is 0 Å². The highest BCUT2D eigenvalue weighted by atomic mass is 16.5. The smallest absolute Gasteiger partial charge is 0.0594 e. The number of nitrogens with zero attached hydrogens (tertiary/aromatic N) is 1. The third kappa shape index (κ3) is 10.4. The van der Waals surface area contributed by atoms with Crippen molar-refractivity contribution >= 4 is 0 Å². The molecule has 3 nitrogen and oxygen atoms in total. The molecule has 1 aliphatic rings. The van der Waals surface area contributed by atoms with E-state index in [2.05, 4.69) is 24.1 Å². The first kappa shape index (κ1) is 15.9. The summed E-state index contributed by atoms with van der Waals surface area (Å²) in [5.41, 5.74) is 0. The van der Waals surface area contributed by atoms with Crippen LogP contribution in [-0.2, 0) is 4.74 Å². The van der Waals surface area contributed by atoms with Crippen molar-refractivity contribution in [3.05, 3.63) is 0 Å². The Morgan fingerprint density at radius 2 is 1.75 bits per heavy atom. The first-order valence-electron chi connectivity index (χ1n) is 6.79. The van der Waals surface area contributed by atoms with Crippen molar-refractivity contribution in [3.63, 3.8) is 0 Å². The number of unbranched alkanes of at least 4 members (excludes halogenated alkanes) is 2. The van der Waals surface area contributed by atoms with Crippen LogP contribution in [0.4, 0.5) is 0 Å². The molecule has 1 saturated heterocycles. The predicted octanol–water partition coefficient (Wildman–Crippen LogP) is 2.12. The third-order valence-corrected chi connectivity index (χ3v) is 2.67.